The van der Waals surface area contributed by atoms with Gasteiger partial charge < -0.3 is 16.3 Å². The Morgan fingerprint density at radius 3 is 2.06 bits per heavy atom. The largest absolute Gasteiger partial charge is 0.506 e. The summed E-state index contributed by atoms with van der Waals surface area (Å²) in [5.41, 5.74) is 11.0. The first-order chi connectivity index (χ1) is 8.27. The summed E-state index contributed by atoms with van der Waals surface area (Å²) in [4.78, 5) is 0. The third-order valence-electron chi connectivity index (χ3n) is 2.76. The SMILES string of the molecule is C=C(O)/C(NN)=C(/N)c1ccc(C(C)(C)C)cc1. The Morgan fingerprint density at radius 1 is 1.22 bits per heavy atom. The molecule has 6 N–H and O–H groups in total. The van der Waals surface area contributed by atoms with Crippen LogP contribution in [0, 0.1) is 0 Å². The summed E-state index contributed by atoms with van der Waals surface area (Å²) in [7, 11) is 0. The molecule has 0 fully saturated rings. The van der Waals surface area contributed by atoms with Crippen LogP contribution in [0.1, 0.15) is 31.9 Å². The lowest BCUT2D eigenvalue weighted by molar-refractivity contribution is 0.418. The van der Waals surface area contributed by atoms with Crippen LogP contribution in [0.25, 0.3) is 5.70 Å². The standard InChI is InChI=1S/C14H21N3O/c1-9(18)13(17-16)12(15)10-5-7-11(8-6-10)14(2,3)4/h5-8,17-18H,1,15-16H2,2-4H3/b13-12-. The van der Waals surface area contributed by atoms with Crippen LogP contribution in [0.4, 0.5) is 0 Å². The second kappa shape index (κ2) is 5.14. The number of aliphatic hydroxyl groups excluding tert-OH is 1. The topological polar surface area (TPSA) is 84.3 Å². The van der Waals surface area contributed by atoms with E-state index in [2.05, 4.69) is 32.8 Å². The molecule has 98 valence electrons. The third-order valence-corrected chi connectivity index (χ3v) is 2.76. The van der Waals surface area contributed by atoms with Crippen molar-refractivity contribution in [2.24, 2.45) is 11.6 Å². The zero-order valence-corrected chi connectivity index (χ0v) is 11.1. The summed E-state index contributed by atoms with van der Waals surface area (Å²) in [5, 5.41) is 9.35. The number of aliphatic hydroxyl groups is 1. The smallest absolute Gasteiger partial charge is 0.135 e. The maximum absolute atomic E-state index is 9.35. The predicted molar refractivity (Wildman–Crippen MR) is 75.3 cm³/mol. The van der Waals surface area contributed by atoms with Crippen molar-refractivity contribution in [2.45, 2.75) is 26.2 Å². The van der Waals surface area contributed by atoms with E-state index in [1.54, 1.807) is 0 Å². The molecular formula is C14H21N3O. The highest BCUT2D eigenvalue weighted by Gasteiger charge is 2.14. The van der Waals surface area contributed by atoms with Crippen molar-refractivity contribution in [2.75, 3.05) is 0 Å². The van der Waals surface area contributed by atoms with Crippen molar-refractivity contribution < 1.29 is 5.11 Å². The van der Waals surface area contributed by atoms with Gasteiger partial charge in [0, 0.05) is 0 Å². The minimum Gasteiger partial charge on any atom is -0.506 e. The quantitative estimate of drug-likeness (QED) is 0.285. The van der Waals surface area contributed by atoms with Crippen LogP contribution >= 0.6 is 0 Å². The van der Waals surface area contributed by atoms with Crippen LogP contribution < -0.4 is 17.0 Å². The van der Waals surface area contributed by atoms with Crippen molar-refractivity contribution in [3.8, 4) is 0 Å². The van der Waals surface area contributed by atoms with E-state index in [1.807, 2.05) is 24.3 Å². The molecule has 1 aromatic rings. The molecule has 0 heterocycles. The van der Waals surface area contributed by atoms with Gasteiger partial charge in [-0.3, -0.25) is 5.84 Å². The van der Waals surface area contributed by atoms with Crippen molar-refractivity contribution in [3.05, 3.63) is 53.4 Å². The van der Waals surface area contributed by atoms with Crippen molar-refractivity contribution in [3.63, 3.8) is 0 Å². The van der Waals surface area contributed by atoms with Gasteiger partial charge in [-0.25, -0.2) is 0 Å². The Labute approximate surface area is 108 Å². The molecule has 0 spiro atoms. The Kier molecular flexibility index (Phi) is 4.03. The van der Waals surface area contributed by atoms with E-state index in [4.69, 9.17) is 11.6 Å². The number of hydrazine groups is 1. The van der Waals surface area contributed by atoms with E-state index in [0.29, 0.717) is 5.70 Å². The first-order valence-corrected chi connectivity index (χ1v) is 5.73. The lowest BCUT2D eigenvalue weighted by atomic mass is 9.86. The summed E-state index contributed by atoms with van der Waals surface area (Å²) >= 11 is 0. The number of rotatable bonds is 3. The molecule has 0 radical (unpaired) electrons. The molecular weight excluding hydrogens is 226 g/mol. The van der Waals surface area contributed by atoms with Gasteiger partial charge in [0.05, 0.1) is 5.70 Å². The van der Waals surface area contributed by atoms with Gasteiger partial charge in [-0.1, -0.05) is 51.6 Å². The highest BCUT2D eigenvalue weighted by Crippen LogP contribution is 2.24. The average Bonchev–Trinajstić information content (AvgIpc) is 2.28. The molecule has 1 aromatic carbocycles. The van der Waals surface area contributed by atoms with Crippen LogP contribution in [0.2, 0.25) is 0 Å². The molecule has 1 rings (SSSR count). The first kappa shape index (κ1) is 14.1. The van der Waals surface area contributed by atoms with E-state index in [1.165, 1.54) is 5.56 Å². The average molecular weight is 247 g/mol. The molecule has 18 heavy (non-hydrogen) atoms. The molecule has 4 heteroatoms. The van der Waals surface area contributed by atoms with E-state index < -0.39 is 0 Å². The molecule has 0 unspecified atom stereocenters. The lowest BCUT2D eigenvalue weighted by Crippen LogP contribution is -2.25. The molecule has 4 nitrogen and oxygen atoms in total. The molecule has 0 saturated heterocycles. The van der Waals surface area contributed by atoms with E-state index >= 15 is 0 Å². The van der Waals surface area contributed by atoms with Gasteiger partial charge in [0.2, 0.25) is 0 Å². The van der Waals surface area contributed by atoms with Gasteiger partial charge in [-0.15, -0.1) is 0 Å². The number of benzene rings is 1. The van der Waals surface area contributed by atoms with Gasteiger partial charge in [-0.05, 0) is 16.5 Å². The van der Waals surface area contributed by atoms with Crippen LogP contribution in [0.5, 0.6) is 0 Å². The van der Waals surface area contributed by atoms with Gasteiger partial charge >= 0.3 is 0 Å². The van der Waals surface area contributed by atoms with Crippen LogP contribution in [-0.2, 0) is 5.41 Å². The van der Waals surface area contributed by atoms with E-state index in [0.717, 1.165) is 5.56 Å². The van der Waals surface area contributed by atoms with Gasteiger partial charge in [0.1, 0.15) is 11.5 Å². The summed E-state index contributed by atoms with van der Waals surface area (Å²) in [6, 6.07) is 7.82. The fourth-order valence-corrected chi connectivity index (χ4v) is 1.61. The number of hydrogen-bond acceptors (Lipinski definition) is 4. The molecule has 0 saturated carbocycles. The minimum absolute atomic E-state index is 0.0898. The minimum atomic E-state index is -0.185. The van der Waals surface area contributed by atoms with E-state index in [9.17, 15) is 5.11 Å². The Hall–Kier alpha value is -1.94. The molecule has 0 amide bonds. The second-order valence-electron chi connectivity index (χ2n) is 5.21. The molecule has 0 bridgehead atoms. The lowest BCUT2D eigenvalue weighted by Gasteiger charge is -2.19. The van der Waals surface area contributed by atoms with Crippen molar-refractivity contribution in [1.29, 1.82) is 0 Å². The maximum Gasteiger partial charge on any atom is 0.135 e. The molecule has 0 aliphatic carbocycles. The molecule has 0 atom stereocenters. The zero-order valence-electron chi connectivity index (χ0n) is 11.1. The fourth-order valence-electron chi connectivity index (χ4n) is 1.61. The first-order valence-electron chi connectivity index (χ1n) is 5.73. The molecule has 0 aliphatic heterocycles. The Balaban J connectivity index is 3.17. The van der Waals surface area contributed by atoms with Crippen molar-refractivity contribution >= 4 is 5.70 Å². The third kappa shape index (κ3) is 3.05. The van der Waals surface area contributed by atoms with Crippen molar-refractivity contribution in [1.82, 2.24) is 5.43 Å². The summed E-state index contributed by atoms with van der Waals surface area (Å²) in [6.07, 6.45) is 0. The summed E-state index contributed by atoms with van der Waals surface area (Å²) in [5.74, 6) is 5.12. The molecule has 0 aromatic heterocycles. The van der Waals surface area contributed by atoms with Gasteiger partial charge in [-0.2, -0.15) is 0 Å². The Morgan fingerprint density at radius 2 is 1.72 bits per heavy atom. The predicted octanol–water partition coefficient (Wildman–Crippen LogP) is 2.15. The zero-order chi connectivity index (χ0) is 13.9. The summed E-state index contributed by atoms with van der Waals surface area (Å²) < 4.78 is 0. The number of nitrogens with two attached hydrogens (primary N) is 2. The fraction of sp³-hybridized carbons (Fsp3) is 0.286. The van der Waals surface area contributed by atoms with Crippen LogP contribution in [0.15, 0.2) is 42.3 Å². The van der Waals surface area contributed by atoms with Crippen LogP contribution in [-0.4, -0.2) is 5.11 Å². The van der Waals surface area contributed by atoms with Gasteiger partial charge in [0.25, 0.3) is 0 Å². The summed E-state index contributed by atoms with van der Waals surface area (Å²) in [6.45, 7) is 9.83. The van der Waals surface area contributed by atoms with Gasteiger partial charge in [0.15, 0.2) is 0 Å². The number of hydrogen-bond donors (Lipinski definition) is 4. The normalized spacial score (nSPS) is 12.9. The molecule has 0 aliphatic rings. The second-order valence-corrected chi connectivity index (χ2v) is 5.21. The maximum atomic E-state index is 9.35. The monoisotopic (exact) mass is 247 g/mol. The highest BCUT2D eigenvalue weighted by molar-refractivity contribution is 5.68. The Bertz CT molecular complexity index is 467. The van der Waals surface area contributed by atoms with Crippen LogP contribution in [0.3, 0.4) is 0 Å². The number of nitrogens with one attached hydrogen (secondary N) is 1. The highest BCUT2D eigenvalue weighted by atomic mass is 16.3. The van der Waals surface area contributed by atoms with E-state index in [-0.39, 0.29) is 16.9 Å².